The molecule has 6 heteroatoms. The Morgan fingerprint density at radius 1 is 1.53 bits per heavy atom. The summed E-state index contributed by atoms with van der Waals surface area (Å²) in [5.74, 6) is 0.247. The lowest BCUT2D eigenvalue weighted by Gasteiger charge is -2.22. The van der Waals surface area contributed by atoms with E-state index in [4.69, 9.17) is 5.11 Å². The molecule has 0 unspecified atom stereocenters. The van der Waals surface area contributed by atoms with Gasteiger partial charge in [-0.15, -0.1) is 0 Å². The third-order valence-electron chi connectivity index (χ3n) is 2.37. The highest BCUT2D eigenvalue weighted by molar-refractivity contribution is 5.56. The molecule has 0 bridgehead atoms. The molecular weight excluding hydrogens is 222 g/mol. The van der Waals surface area contributed by atoms with E-state index in [0.29, 0.717) is 12.2 Å². The van der Waals surface area contributed by atoms with Gasteiger partial charge in [0.25, 0.3) is 0 Å². The minimum Gasteiger partial charge on any atom is -0.396 e. The summed E-state index contributed by atoms with van der Waals surface area (Å²) in [5, 5.41) is 22.8. The molecule has 1 rings (SSSR count). The highest BCUT2D eigenvalue weighted by Gasteiger charge is 2.20. The van der Waals surface area contributed by atoms with Gasteiger partial charge < -0.3 is 10.4 Å². The first-order chi connectivity index (χ1) is 7.85. The van der Waals surface area contributed by atoms with Crippen LogP contribution in [-0.2, 0) is 0 Å². The van der Waals surface area contributed by atoms with Crippen LogP contribution in [0.5, 0.6) is 0 Å². The van der Waals surface area contributed by atoms with Gasteiger partial charge in [-0.25, -0.2) is 4.98 Å². The molecule has 0 aliphatic carbocycles. The first-order valence-corrected chi connectivity index (χ1v) is 5.32. The van der Waals surface area contributed by atoms with E-state index < -0.39 is 4.92 Å². The SMILES string of the molecule is Cc1ccc([N+](=O)[O-])c(NCC(C)(C)CO)n1. The molecule has 0 amide bonds. The molecule has 0 aliphatic rings. The molecule has 0 fully saturated rings. The number of hydrogen-bond donors (Lipinski definition) is 2. The smallest absolute Gasteiger partial charge is 0.311 e. The van der Waals surface area contributed by atoms with E-state index in [0.717, 1.165) is 0 Å². The lowest BCUT2D eigenvalue weighted by molar-refractivity contribution is -0.384. The second kappa shape index (κ2) is 5.09. The van der Waals surface area contributed by atoms with Gasteiger partial charge in [-0.3, -0.25) is 10.1 Å². The fourth-order valence-corrected chi connectivity index (χ4v) is 1.21. The van der Waals surface area contributed by atoms with Gasteiger partial charge in [0.05, 0.1) is 4.92 Å². The molecule has 94 valence electrons. The highest BCUT2D eigenvalue weighted by atomic mass is 16.6. The Hall–Kier alpha value is -1.69. The summed E-state index contributed by atoms with van der Waals surface area (Å²) in [5.41, 5.74) is 0.309. The molecule has 17 heavy (non-hydrogen) atoms. The zero-order chi connectivity index (χ0) is 13.1. The molecule has 0 saturated heterocycles. The van der Waals surface area contributed by atoms with E-state index in [1.807, 2.05) is 13.8 Å². The zero-order valence-corrected chi connectivity index (χ0v) is 10.2. The monoisotopic (exact) mass is 239 g/mol. The lowest BCUT2D eigenvalue weighted by Crippen LogP contribution is -2.27. The Morgan fingerprint density at radius 3 is 2.71 bits per heavy atom. The number of hydrogen-bond acceptors (Lipinski definition) is 5. The van der Waals surface area contributed by atoms with E-state index in [1.165, 1.54) is 6.07 Å². The highest BCUT2D eigenvalue weighted by Crippen LogP contribution is 2.23. The maximum atomic E-state index is 10.8. The van der Waals surface area contributed by atoms with Gasteiger partial charge in [-0.1, -0.05) is 13.8 Å². The van der Waals surface area contributed by atoms with Crippen molar-refractivity contribution in [2.45, 2.75) is 20.8 Å². The van der Waals surface area contributed by atoms with Crippen molar-refractivity contribution < 1.29 is 10.0 Å². The largest absolute Gasteiger partial charge is 0.396 e. The van der Waals surface area contributed by atoms with Crippen LogP contribution in [0.3, 0.4) is 0 Å². The van der Waals surface area contributed by atoms with Crippen molar-refractivity contribution in [3.63, 3.8) is 0 Å². The number of nitrogens with one attached hydrogen (secondary N) is 1. The fraction of sp³-hybridized carbons (Fsp3) is 0.545. The Bertz CT molecular complexity index is 418. The molecule has 0 aromatic carbocycles. The van der Waals surface area contributed by atoms with Crippen LogP contribution in [-0.4, -0.2) is 28.2 Å². The summed E-state index contributed by atoms with van der Waals surface area (Å²) in [4.78, 5) is 14.4. The average Bonchev–Trinajstić information content (AvgIpc) is 2.26. The maximum absolute atomic E-state index is 10.8. The minimum atomic E-state index is -0.472. The third kappa shape index (κ3) is 3.67. The molecule has 0 saturated carbocycles. The van der Waals surface area contributed by atoms with E-state index in [2.05, 4.69) is 10.3 Å². The van der Waals surface area contributed by atoms with Gasteiger partial charge >= 0.3 is 5.69 Å². The Morgan fingerprint density at radius 2 is 2.18 bits per heavy atom. The normalized spacial score (nSPS) is 11.3. The second-order valence-electron chi connectivity index (χ2n) is 4.75. The van der Waals surface area contributed by atoms with Gasteiger partial charge in [0.1, 0.15) is 0 Å². The Labute approximate surface area is 99.8 Å². The molecule has 0 atom stereocenters. The van der Waals surface area contributed by atoms with Gasteiger partial charge in [0.15, 0.2) is 0 Å². The van der Waals surface area contributed by atoms with Crippen molar-refractivity contribution in [1.29, 1.82) is 0 Å². The molecule has 1 heterocycles. The standard InChI is InChI=1S/C11H17N3O3/c1-8-4-5-9(14(16)17)10(13-8)12-6-11(2,3)7-15/h4-5,15H,6-7H2,1-3H3,(H,12,13). The summed E-state index contributed by atoms with van der Waals surface area (Å²) in [6.45, 7) is 5.91. The number of nitro groups is 1. The van der Waals surface area contributed by atoms with Crippen molar-refractivity contribution >= 4 is 11.5 Å². The van der Waals surface area contributed by atoms with Crippen molar-refractivity contribution in [1.82, 2.24) is 4.98 Å². The Kier molecular flexibility index (Phi) is 4.01. The van der Waals surface area contributed by atoms with Gasteiger partial charge in [0.2, 0.25) is 5.82 Å². The average molecular weight is 239 g/mol. The number of anilines is 1. The first-order valence-electron chi connectivity index (χ1n) is 5.32. The summed E-state index contributed by atoms with van der Waals surface area (Å²) in [6, 6.07) is 3.02. The van der Waals surface area contributed by atoms with Gasteiger partial charge in [-0.05, 0) is 13.0 Å². The number of aryl methyl sites for hydroxylation is 1. The van der Waals surface area contributed by atoms with Crippen LogP contribution < -0.4 is 5.32 Å². The first kappa shape index (κ1) is 13.4. The molecule has 0 aliphatic heterocycles. The van der Waals surface area contributed by atoms with E-state index in [1.54, 1.807) is 13.0 Å². The van der Waals surface area contributed by atoms with Gasteiger partial charge in [-0.2, -0.15) is 0 Å². The molecule has 1 aromatic heterocycles. The fourth-order valence-electron chi connectivity index (χ4n) is 1.21. The number of nitrogens with zero attached hydrogens (tertiary/aromatic N) is 2. The third-order valence-corrected chi connectivity index (χ3v) is 2.37. The molecule has 0 radical (unpaired) electrons. The van der Waals surface area contributed by atoms with Crippen molar-refractivity contribution in [3.05, 3.63) is 27.9 Å². The lowest BCUT2D eigenvalue weighted by atomic mass is 9.95. The van der Waals surface area contributed by atoms with Crippen LogP contribution in [0.25, 0.3) is 0 Å². The molecule has 2 N–H and O–H groups in total. The summed E-state index contributed by atoms with van der Waals surface area (Å²) in [6.07, 6.45) is 0. The predicted molar refractivity (Wildman–Crippen MR) is 65.0 cm³/mol. The van der Waals surface area contributed by atoms with Crippen LogP contribution in [0.4, 0.5) is 11.5 Å². The van der Waals surface area contributed by atoms with E-state index in [-0.39, 0.29) is 23.5 Å². The van der Waals surface area contributed by atoms with Crippen molar-refractivity contribution in [2.75, 3.05) is 18.5 Å². The molecule has 0 spiro atoms. The van der Waals surface area contributed by atoms with Crippen LogP contribution in [0.15, 0.2) is 12.1 Å². The van der Waals surface area contributed by atoms with Crippen LogP contribution >= 0.6 is 0 Å². The Balaban J connectivity index is 2.89. The van der Waals surface area contributed by atoms with E-state index in [9.17, 15) is 10.1 Å². The van der Waals surface area contributed by atoms with Crippen LogP contribution in [0.2, 0.25) is 0 Å². The number of pyridine rings is 1. The van der Waals surface area contributed by atoms with Gasteiger partial charge in [0, 0.05) is 30.3 Å². The number of aliphatic hydroxyl groups excluding tert-OH is 1. The topological polar surface area (TPSA) is 88.3 Å². The molecular formula is C11H17N3O3. The summed E-state index contributed by atoms with van der Waals surface area (Å²) >= 11 is 0. The number of aromatic nitrogens is 1. The number of aliphatic hydroxyl groups is 1. The summed E-state index contributed by atoms with van der Waals surface area (Å²) in [7, 11) is 0. The quantitative estimate of drug-likeness (QED) is 0.603. The number of rotatable bonds is 5. The predicted octanol–water partition coefficient (Wildman–Crippen LogP) is 1.73. The van der Waals surface area contributed by atoms with Crippen LogP contribution in [0.1, 0.15) is 19.5 Å². The zero-order valence-electron chi connectivity index (χ0n) is 10.2. The van der Waals surface area contributed by atoms with Crippen molar-refractivity contribution in [3.8, 4) is 0 Å². The van der Waals surface area contributed by atoms with E-state index >= 15 is 0 Å². The summed E-state index contributed by atoms with van der Waals surface area (Å²) < 4.78 is 0. The second-order valence-corrected chi connectivity index (χ2v) is 4.75. The van der Waals surface area contributed by atoms with Crippen molar-refractivity contribution in [2.24, 2.45) is 5.41 Å². The maximum Gasteiger partial charge on any atom is 0.311 e. The molecule has 1 aromatic rings. The minimum absolute atomic E-state index is 0.000384. The van der Waals surface area contributed by atoms with Crippen LogP contribution in [0, 0.1) is 22.5 Å². The molecule has 6 nitrogen and oxygen atoms in total.